The molecule has 1 aliphatic carbocycles. The Hall–Kier alpha value is -1.60. The van der Waals surface area contributed by atoms with Crippen LogP contribution in [-0.4, -0.2) is 24.3 Å². The third-order valence-electron chi connectivity index (χ3n) is 3.58. The molecular formula is C14H17FN2O. The molecule has 4 heteroatoms. The molecule has 96 valence electrons. The summed E-state index contributed by atoms with van der Waals surface area (Å²) in [6.45, 7) is 0.498. The second-order valence-corrected chi connectivity index (χ2v) is 5.06. The lowest BCUT2D eigenvalue weighted by atomic mass is 10.0. The lowest BCUT2D eigenvalue weighted by Gasteiger charge is -2.30. The predicted octanol–water partition coefficient (Wildman–Crippen LogP) is 2.44. The molecule has 1 N–H and O–H groups in total. The molecule has 0 bridgehead atoms. The van der Waals surface area contributed by atoms with Gasteiger partial charge in [0.05, 0.1) is 11.2 Å². The Balaban J connectivity index is 2.11. The molecule has 0 spiro atoms. The normalized spacial score (nSPS) is 17.4. The van der Waals surface area contributed by atoms with Crippen molar-refractivity contribution in [3.05, 3.63) is 29.6 Å². The van der Waals surface area contributed by atoms with E-state index in [9.17, 15) is 9.50 Å². The molecule has 1 aromatic rings. The Morgan fingerprint density at radius 1 is 1.44 bits per heavy atom. The highest BCUT2D eigenvalue weighted by atomic mass is 19.1. The average Bonchev–Trinajstić information content (AvgIpc) is 2.75. The van der Waals surface area contributed by atoms with E-state index in [-0.39, 0.29) is 5.56 Å². The van der Waals surface area contributed by atoms with Crippen LogP contribution in [0.4, 0.5) is 10.1 Å². The number of hydrogen-bond donors (Lipinski definition) is 1. The van der Waals surface area contributed by atoms with E-state index in [0.717, 1.165) is 25.7 Å². The molecule has 3 nitrogen and oxygen atoms in total. The summed E-state index contributed by atoms with van der Waals surface area (Å²) in [6.07, 6.45) is 3.70. The van der Waals surface area contributed by atoms with Crippen molar-refractivity contribution in [2.45, 2.75) is 31.3 Å². The molecule has 0 aliphatic heterocycles. The monoisotopic (exact) mass is 248 g/mol. The highest BCUT2D eigenvalue weighted by Gasteiger charge is 2.32. The summed E-state index contributed by atoms with van der Waals surface area (Å²) < 4.78 is 13.5. The Labute approximate surface area is 106 Å². The van der Waals surface area contributed by atoms with Crippen LogP contribution in [0.5, 0.6) is 0 Å². The Morgan fingerprint density at radius 3 is 2.67 bits per heavy atom. The van der Waals surface area contributed by atoms with Crippen molar-refractivity contribution in [2.24, 2.45) is 0 Å². The zero-order valence-electron chi connectivity index (χ0n) is 10.5. The number of halogens is 1. The van der Waals surface area contributed by atoms with E-state index in [1.54, 1.807) is 12.1 Å². The maximum atomic E-state index is 13.5. The van der Waals surface area contributed by atoms with Gasteiger partial charge in [0.1, 0.15) is 11.9 Å². The van der Waals surface area contributed by atoms with Gasteiger partial charge in [0.15, 0.2) is 0 Å². The van der Waals surface area contributed by atoms with Gasteiger partial charge < -0.3 is 10.0 Å². The van der Waals surface area contributed by atoms with Crippen LogP contribution in [0.25, 0.3) is 0 Å². The average molecular weight is 248 g/mol. The van der Waals surface area contributed by atoms with E-state index in [2.05, 4.69) is 0 Å². The van der Waals surface area contributed by atoms with E-state index in [4.69, 9.17) is 5.26 Å². The first-order chi connectivity index (χ1) is 8.54. The number of likely N-dealkylation sites (N-methyl/N-ethyl adjacent to an activating group) is 1. The minimum atomic E-state index is -0.654. The molecule has 1 saturated carbocycles. The maximum absolute atomic E-state index is 13.5. The van der Waals surface area contributed by atoms with Crippen LogP contribution in [0.1, 0.15) is 31.2 Å². The first-order valence-corrected chi connectivity index (χ1v) is 6.17. The molecule has 2 rings (SSSR count). The van der Waals surface area contributed by atoms with E-state index in [1.165, 1.54) is 12.1 Å². The van der Waals surface area contributed by atoms with Crippen molar-refractivity contribution in [3.63, 3.8) is 0 Å². The zero-order chi connectivity index (χ0) is 13.2. The van der Waals surface area contributed by atoms with Gasteiger partial charge in [-0.05, 0) is 31.0 Å². The fourth-order valence-corrected chi connectivity index (χ4v) is 2.56. The van der Waals surface area contributed by atoms with Crippen LogP contribution in [-0.2, 0) is 0 Å². The quantitative estimate of drug-likeness (QED) is 0.893. The molecule has 0 heterocycles. The van der Waals surface area contributed by atoms with Gasteiger partial charge in [0, 0.05) is 19.3 Å². The molecule has 0 unspecified atom stereocenters. The van der Waals surface area contributed by atoms with Crippen LogP contribution in [0.3, 0.4) is 0 Å². The number of hydrogen-bond acceptors (Lipinski definition) is 3. The van der Waals surface area contributed by atoms with Crippen molar-refractivity contribution in [1.82, 2.24) is 0 Å². The molecule has 0 atom stereocenters. The van der Waals surface area contributed by atoms with Gasteiger partial charge in [-0.3, -0.25) is 0 Å². The lowest BCUT2D eigenvalue weighted by Crippen LogP contribution is -2.39. The number of nitriles is 1. The van der Waals surface area contributed by atoms with Crippen molar-refractivity contribution < 1.29 is 9.50 Å². The summed E-state index contributed by atoms with van der Waals surface area (Å²) >= 11 is 0. The zero-order valence-corrected chi connectivity index (χ0v) is 10.5. The molecule has 1 aromatic carbocycles. The number of nitrogens with zero attached hydrogens (tertiary/aromatic N) is 2. The van der Waals surface area contributed by atoms with Gasteiger partial charge in [-0.15, -0.1) is 0 Å². The maximum Gasteiger partial charge on any atom is 0.143 e. The molecule has 1 fully saturated rings. The van der Waals surface area contributed by atoms with Crippen LogP contribution in [0, 0.1) is 17.1 Å². The summed E-state index contributed by atoms with van der Waals surface area (Å²) in [7, 11) is 1.83. The number of rotatable bonds is 3. The minimum absolute atomic E-state index is 0.0479. The largest absolute Gasteiger partial charge is 0.388 e. The van der Waals surface area contributed by atoms with Crippen molar-refractivity contribution in [2.75, 3.05) is 18.5 Å². The second kappa shape index (κ2) is 4.95. The van der Waals surface area contributed by atoms with E-state index >= 15 is 0 Å². The molecule has 0 amide bonds. The van der Waals surface area contributed by atoms with E-state index < -0.39 is 11.4 Å². The molecular weight excluding hydrogens is 231 g/mol. The van der Waals surface area contributed by atoms with E-state index in [1.807, 2.05) is 11.9 Å². The first kappa shape index (κ1) is 12.8. The van der Waals surface area contributed by atoms with Crippen LogP contribution >= 0.6 is 0 Å². The Bertz CT molecular complexity index is 475. The highest BCUT2D eigenvalue weighted by Crippen LogP contribution is 2.31. The van der Waals surface area contributed by atoms with Gasteiger partial charge in [-0.1, -0.05) is 12.8 Å². The summed E-state index contributed by atoms with van der Waals surface area (Å²) in [5, 5.41) is 19.0. The summed E-state index contributed by atoms with van der Waals surface area (Å²) in [5.41, 5.74) is 0.0811. The summed E-state index contributed by atoms with van der Waals surface area (Å²) in [5.74, 6) is -0.514. The third kappa shape index (κ3) is 2.62. The summed E-state index contributed by atoms with van der Waals surface area (Å²) in [6, 6.07) is 6.32. The smallest absolute Gasteiger partial charge is 0.143 e. The Kier molecular flexibility index (Phi) is 3.53. The number of benzene rings is 1. The van der Waals surface area contributed by atoms with Crippen molar-refractivity contribution in [3.8, 4) is 6.07 Å². The predicted molar refractivity (Wildman–Crippen MR) is 67.8 cm³/mol. The number of aliphatic hydroxyl groups is 1. The van der Waals surface area contributed by atoms with Crippen LogP contribution < -0.4 is 4.90 Å². The number of anilines is 1. The van der Waals surface area contributed by atoms with Gasteiger partial charge in [0.2, 0.25) is 0 Å². The minimum Gasteiger partial charge on any atom is -0.388 e. The Morgan fingerprint density at radius 2 is 2.11 bits per heavy atom. The van der Waals surface area contributed by atoms with Gasteiger partial charge in [-0.25, -0.2) is 4.39 Å². The SMILES string of the molecule is CN(CC1(O)CCCC1)c1ccc(C#N)c(F)c1. The first-order valence-electron chi connectivity index (χ1n) is 6.17. The molecule has 18 heavy (non-hydrogen) atoms. The summed E-state index contributed by atoms with van der Waals surface area (Å²) in [4.78, 5) is 1.84. The van der Waals surface area contributed by atoms with Gasteiger partial charge >= 0.3 is 0 Å². The molecule has 1 aliphatic rings. The van der Waals surface area contributed by atoms with Crippen molar-refractivity contribution in [1.29, 1.82) is 5.26 Å². The molecule has 0 aromatic heterocycles. The fourth-order valence-electron chi connectivity index (χ4n) is 2.56. The van der Waals surface area contributed by atoms with Crippen LogP contribution in [0.2, 0.25) is 0 Å². The van der Waals surface area contributed by atoms with Crippen molar-refractivity contribution >= 4 is 5.69 Å². The van der Waals surface area contributed by atoms with Gasteiger partial charge in [-0.2, -0.15) is 5.26 Å². The van der Waals surface area contributed by atoms with Gasteiger partial charge in [0.25, 0.3) is 0 Å². The van der Waals surface area contributed by atoms with Crippen LogP contribution in [0.15, 0.2) is 18.2 Å². The lowest BCUT2D eigenvalue weighted by molar-refractivity contribution is 0.0559. The third-order valence-corrected chi connectivity index (χ3v) is 3.58. The second-order valence-electron chi connectivity index (χ2n) is 5.06. The topological polar surface area (TPSA) is 47.3 Å². The fraction of sp³-hybridized carbons (Fsp3) is 0.500. The van der Waals surface area contributed by atoms with E-state index in [0.29, 0.717) is 12.2 Å². The standard InChI is InChI=1S/C14H17FN2O/c1-17(10-14(18)6-2-3-7-14)12-5-4-11(9-16)13(15)8-12/h4-5,8,18H,2-3,6-7,10H2,1H3. The molecule has 0 radical (unpaired) electrons. The highest BCUT2D eigenvalue weighted by molar-refractivity contribution is 5.50. The molecule has 0 saturated heterocycles.